The van der Waals surface area contributed by atoms with Gasteiger partial charge in [0.2, 0.25) is 0 Å². The second kappa shape index (κ2) is 2.86. The minimum atomic E-state index is 0.130. The van der Waals surface area contributed by atoms with Gasteiger partial charge in [-0.2, -0.15) is 5.06 Å². The van der Waals surface area contributed by atoms with E-state index in [2.05, 4.69) is 6.92 Å². The fourth-order valence-corrected chi connectivity index (χ4v) is 1.12. The maximum atomic E-state index is 9.00. The highest BCUT2D eigenvalue weighted by Crippen LogP contribution is 2.29. The molecule has 0 aliphatic carbocycles. The Balaban J connectivity index is 2.25. The molecule has 1 heterocycles. The van der Waals surface area contributed by atoms with Gasteiger partial charge in [0.1, 0.15) is 6.10 Å². The molecule has 3 unspecified atom stereocenters. The second-order valence-electron chi connectivity index (χ2n) is 2.86. The SMILES string of the molecule is CCC1OC1C(C)N(C)O. The summed E-state index contributed by atoms with van der Waals surface area (Å²) in [6.07, 6.45) is 1.67. The summed E-state index contributed by atoms with van der Waals surface area (Å²) in [4.78, 5) is 0. The first-order valence-corrected chi connectivity index (χ1v) is 3.74. The quantitative estimate of drug-likeness (QED) is 0.473. The van der Waals surface area contributed by atoms with Crippen LogP contribution in [0.1, 0.15) is 20.3 Å². The monoisotopic (exact) mass is 145 g/mol. The lowest BCUT2D eigenvalue weighted by Gasteiger charge is -2.14. The Labute approximate surface area is 61.5 Å². The third-order valence-corrected chi connectivity index (χ3v) is 2.09. The Hall–Kier alpha value is -0.120. The summed E-state index contributed by atoms with van der Waals surface area (Å²) in [5.41, 5.74) is 0. The molecule has 1 N–H and O–H groups in total. The highest BCUT2D eigenvalue weighted by atomic mass is 16.6. The van der Waals surface area contributed by atoms with Gasteiger partial charge in [0, 0.05) is 7.05 Å². The summed E-state index contributed by atoms with van der Waals surface area (Å²) < 4.78 is 5.29. The van der Waals surface area contributed by atoms with Crippen molar-refractivity contribution in [3.05, 3.63) is 0 Å². The van der Waals surface area contributed by atoms with Crippen molar-refractivity contribution in [2.24, 2.45) is 0 Å². The van der Waals surface area contributed by atoms with Gasteiger partial charge in [0.05, 0.1) is 12.1 Å². The first kappa shape index (κ1) is 7.98. The van der Waals surface area contributed by atoms with Gasteiger partial charge >= 0.3 is 0 Å². The van der Waals surface area contributed by atoms with E-state index in [0.717, 1.165) is 6.42 Å². The summed E-state index contributed by atoms with van der Waals surface area (Å²) in [5, 5.41) is 10.2. The van der Waals surface area contributed by atoms with Crippen LogP contribution in [-0.4, -0.2) is 35.6 Å². The first-order valence-electron chi connectivity index (χ1n) is 3.74. The number of nitrogens with zero attached hydrogens (tertiary/aromatic N) is 1. The number of epoxide rings is 1. The normalized spacial score (nSPS) is 34.5. The molecule has 0 aromatic rings. The Morgan fingerprint density at radius 3 is 2.60 bits per heavy atom. The van der Waals surface area contributed by atoms with Crippen LogP contribution in [0.15, 0.2) is 0 Å². The smallest absolute Gasteiger partial charge is 0.102 e. The lowest BCUT2D eigenvalue weighted by atomic mass is 10.1. The zero-order valence-electron chi connectivity index (χ0n) is 6.74. The van der Waals surface area contributed by atoms with Crippen LogP contribution in [0.25, 0.3) is 0 Å². The van der Waals surface area contributed by atoms with Crippen molar-refractivity contribution < 1.29 is 9.94 Å². The van der Waals surface area contributed by atoms with Gasteiger partial charge in [-0.25, -0.2) is 0 Å². The second-order valence-corrected chi connectivity index (χ2v) is 2.86. The van der Waals surface area contributed by atoms with E-state index in [9.17, 15) is 0 Å². The summed E-state index contributed by atoms with van der Waals surface area (Å²) in [7, 11) is 1.65. The van der Waals surface area contributed by atoms with E-state index in [4.69, 9.17) is 9.94 Å². The van der Waals surface area contributed by atoms with Crippen molar-refractivity contribution >= 4 is 0 Å². The average molecular weight is 145 g/mol. The zero-order chi connectivity index (χ0) is 7.72. The van der Waals surface area contributed by atoms with E-state index in [-0.39, 0.29) is 12.1 Å². The average Bonchev–Trinajstić information content (AvgIpc) is 2.64. The summed E-state index contributed by atoms with van der Waals surface area (Å²) in [6.45, 7) is 4.05. The van der Waals surface area contributed by atoms with Gasteiger partial charge in [-0.15, -0.1) is 0 Å². The molecule has 1 rings (SSSR count). The summed E-state index contributed by atoms with van der Waals surface area (Å²) in [5.74, 6) is 0. The van der Waals surface area contributed by atoms with E-state index in [1.807, 2.05) is 6.92 Å². The first-order chi connectivity index (χ1) is 4.66. The number of hydrogen-bond donors (Lipinski definition) is 1. The van der Waals surface area contributed by atoms with Crippen LogP contribution in [-0.2, 0) is 4.74 Å². The van der Waals surface area contributed by atoms with Crippen molar-refractivity contribution in [1.29, 1.82) is 0 Å². The lowest BCUT2D eigenvalue weighted by molar-refractivity contribution is -0.103. The predicted octanol–water partition coefficient (Wildman–Crippen LogP) is 0.873. The van der Waals surface area contributed by atoms with Crippen LogP contribution in [0.4, 0.5) is 0 Å². The van der Waals surface area contributed by atoms with Gasteiger partial charge in [-0.05, 0) is 13.3 Å². The van der Waals surface area contributed by atoms with Gasteiger partial charge in [0.15, 0.2) is 0 Å². The fraction of sp³-hybridized carbons (Fsp3) is 1.00. The van der Waals surface area contributed by atoms with Crippen molar-refractivity contribution in [2.75, 3.05) is 7.05 Å². The Kier molecular flexibility index (Phi) is 2.28. The molecule has 1 aliphatic rings. The van der Waals surface area contributed by atoms with Gasteiger partial charge in [-0.3, -0.25) is 0 Å². The van der Waals surface area contributed by atoms with Crippen LogP contribution < -0.4 is 0 Å². The number of hydroxylamine groups is 2. The van der Waals surface area contributed by atoms with Crippen LogP contribution in [0, 0.1) is 0 Å². The van der Waals surface area contributed by atoms with E-state index in [1.54, 1.807) is 7.05 Å². The maximum absolute atomic E-state index is 9.00. The third kappa shape index (κ3) is 1.48. The molecule has 0 aromatic heterocycles. The third-order valence-electron chi connectivity index (χ3n) is 2.09. The van der Waals surface area contributed by atoms with Gasteiger partial charge in [0.25, 0.3) is 0 Å². The minimum absolute atomic E-state index is 0.130. The van der Waals surface area contributed by atoms with Crippen molar-refractivity contribution in [2.45, 2.75) is 38.5 Å². The Morgan fingerprint density at radius 2 is 2.30 bits per heavy atom. The molecule has 3 atom stereocenters. The van der Waals surface area contributed by atoms with Crippen LogP contribution in [0.3, 0.4) is 0 Å². The Bertz CT molecular complexity index is 116. The van der Waals surface area contributed by atoms with Gasteiger partial charge < -0.3 is 9.94 Å². The largest absolute Gasteiger partial charge is 0.368 e. The lowest BCUT2D eigenvalue weighted by Crippen LogP contribution is -2.31. The molecule has 1 fully saturated rings. The molecular weight excluding hydrogens is 130 g/mol. The summed E-state index contributed by atoms with van der Waals surface area (Å²) in [6, 6.07) is 0.130. The topological polar surface area (TPSA) is 36.0 Å². The van der Waals surface area contributed by atoms with Crippen LogP contribution in [0.5, 0.6) is 0 Å². The molecule has 0 aromatic carbocycles. The molecule has 1 saturated heterocycles. The molecule has 0 spiro atoms. The van der Waals surface area contributed by atoms with Crippen molar-refractivity contribution in [1.82, 2.24) is 5.06 Å². The van der Waals surface area contributed by atoms with Gasteiger partial charge in [-0.1, -0.05) is 6.92 Å². The molecule has 0 radical (unpaired) electrons. The fourth-order valence-electron chi connectivity index (χ4n) is 1.12. The maximum Gasteiger partial charge on any atom is 0.102 e. The minimum Gasteiger partial charge on any atom is -0.368 e. The predicted molar refractivity (Wildman–Crippen MR) is 38.0 cm³/mol. The number of rotatable bonds is 3. The van der Waals surface area contributed by atoms with Crippen LogP contribution >= 0.6 is 0 Å². The standard InChI is InChI=1S/C7H15NO2/c1-4-6-7(10-6)5(2)8(3)9/h5-7,9H,4H2,1-3H3. The Morgan fingerprint density at radius 1 is 1.70 bits per heavy atom. The number of hydrogen-bond acceptors (Lipinski definition) is 3. The van der Waals surface area contributed by atoms with E-state index in [1.165, 1.54) is 5.06 Å². The highest BCUT2D eigenvalue weighted by molar-refractivity contribution is 4.90. The molecule has 3 heteroatoms. The molecule has 1 aliphatic heterocycles. The molecule has 3 nitrogen and oxygen atoms in total. The number of likely N-dealkylation sites (N-methyl/N-ethyl adjacent to an activating group) is 1. The van der Waals surface area contributed by atoms with E-state index in [0.29, 0.717) is 6.10 Å². The molecule has 60 valence electrons. The summed E-state index contributed by atoms with van der Waals surface area (Å²) >= 11 is 0. The number of ether oxygens (including phenoxy) is 1. The molecule has 0 saturated carbocycles. The molecule has 10 heavy (non-hydrogen) atoms. The van der Waals surface area contributed by atoms with Crippen molar-refractivity contribution in [3.63, 3.8) is 0 Å². The zero-order valence-corrected chi connectivity index (χ0v) is 6.74. The van der Waals surface area contributed by atoms with Crippen molar-refractivity contribution in [3.8, 4) is 0 Å². The van der Waals surface area contributed by atoms with E-state index >= 15 is 0 Å². The molecule has 0 bridgehead atoms. The van der Waals surface area contributed by atoms with Crippen LogP contribution in [0.2, 0.25) is 0 Å². The van der Waals surface area contributed by atoms with E-state index < -0.39 is 0 Å². The molecule has 0 amide bonds. The molecular formula is C7H15NO2. The highest BCUT2D eigenvalue weighted by Gasteiger charge is 2.42.